The molecule has 20 heavy (non-hydrogen) atoms. The summed E-state index contributed by atoms with van der Waals surface area (Å²) in [7, 11) is 0. The van der Waals surface area contributed by atoms with Gasteiger partial charge >= 0.3 is 5.97 Å². The number of carboxylic acid groups (broad SMARTS) is 1. The van der Waals surface area contributed by atoms with E-state index in [0.717, 1.165) is 5.69 Å². The van der Waals surface area contributed by atoms with Crippen molar-refractivity contribution in [3.8, 4) is 0 Å². The predicted octanol–water partition coefficient (Wildman–Crippen LogP) is 1.32. The lowest BCUT2D eigenvalue weighted by Crippen LogP contribution is -2.40. The molecule has 0 bridgehead atoms. The van der Waals surface area contributed by atoms with Gasteiger partial charge in [-0.25, -0.2) is 4.79 Å². The smallest absolute Gasteiger partial charge is 0.337 e. The lowest BCUT2D eigenvalue weighted by molar-refractivity contribution is -0.120. The van der Waals surface area contributed by atoms with Gasteiger partial charge in [0.25, 0.3) is 0 Å². The molecule has 0 unspecified atom stereocenters. The second-order valence-electron chi connectivity index (χ2n) is 4.81. The second-order valence-corrected chi connectivity index (χ2v) is 4.81. The van der Waals surface area contributed by atoms with Gasteiger partial charge in [0.05, 0.1) is 12.1 Å². The highest BCUT2D eigenvalue weighted by Crippen LogP contribution is 2.21. The molecule has 0 aromatic heterocycles. The number of nitrogens with two attached hydrogens (primary N) is 1. The van der Waals surface area contributed by atoms with Gasteiger partial charge in [0.15, 0.2) is 0 Å². The first-order valence-electron chi connectivity index (χ1n) is 6.52. The van der Waals surface area contributed by atoms with E-state index >= 15 is 0 Å². The van der Waals surface area contributed by atoms with Crippen LogP contribution in [0.3, 0.4) is 0 Å². The first-order chi connectivity index (χ1) is 9.35. The summed E-state index contributed by atoms with van der Waals surface area (Å²) < 4.78 is 0. The molecule has 1 aromatic carbocycles. The van der Waals surface area contributed by atoms with Crippen LogP contribution in [0.25, 0.3) is 0 Å². The number of anilines is 2. The van der Waals surface area contributed by atoms with Crippen molar-refractivity contribution in [2.75, 3.05) is 23.7 Å². The average molecular weight is 279 g/mol. The van der Waals surface area contributed by atoms with Crippen molar-refractivity contribution in [3.63, 3.8) is 0 Å². The highest BCUT2D eigenvalue weighted by molar-refractivity contribution is 5.94. The summed E-state index contributed by atoms with van der Waals surface area (Å²) in [6, 6.07) is 4.78. The maximum atomic E-state index is 11.8. The largest absolute Gasteiger partial charge is 0.478 e. The summed E-state index contributed by atoms with van der Waals surface area (Å²) >= 11 is 0. The number of nitrogen functional groups attached to an aromatic ring is 1. The van der Waals surface area contributed by atoms with Gasteiger partial charge in [0, 0.05) is 24.0 Å². The lowest BCUT2D eigenvalue weighted by atomic mass is 10.1. The Morgan fingerprint density at radius 1 is 1.40 bits per heavy atom. The van der Waals surface area contributed by atoms with Crippen LogP contribution in [-0.2, 0) is 4.79 Å². The molecular formula is C14H21N3O3. The molecule has 4 N–H and O–H groups in total. The third-order valence-corrected chi connectivity index (χ3v) is 2.80. The minimum atomic E-state index is -1.06. The minimum absolute atomic E-state index is 0.0661. The fraction of sp³-hybridized carbons (Fsp3) is 0.429. The van der Waals surface area contributed by atoms with Crippen LogP contribution in [0, 0.1) is 0 Å². The lowest BCUT2D eigenvalue weighted by Gasteiger charge is -2.23. The van der Waals surface area contributed by atoms with Gasteiger partial charge in [0.1, 0.15) is 0 Å². The number of carbonyl (C=O) groups excluding carboxylic acids is 1. The number of carboxylic acids is 1. The molecule has 6 nitrogen and oxygen atoms in total. The summed E-state index contributed by atoms with van der Waals surface area (Å²) in [4.78, 5) is 24.5. The van der Waals surface area contributed by atoms with E-state index in [2.05, 4.69) is 5.32 Å². The van der Waals surface area contributed by atoms with Crippen molar-refractivity contribution >= 4 is 23.3 Å². The van der Waals surface area contributed by atoms with E-state index in [1.54, 1.807) is 12.1 Å². The molecule has 110 valence electrons. The van der Waals surface area contributed by atoms with Gasteiger partial charge in [-0.3, -0.25) is 4.79 Å². The van der Waals surface area contributed by atoms with Gasteiger partial charge in [0.2, 0.25) is 5.91 Å². The van der Waals surface area contributed by atoms with Crippen LogP contribution in [0.15, 0.2) is 18.2 Å². The van der Waals surface area contributed by atoms with E-state index in [0.29, 0.717) is 6.54 Å². The molecule has 6 heteroatoms. The van der Waals surface area contributed by atoms with Gasteiger partial charge in [-0.15, -0.1) is 0 Å². The van der Waals surface area contributed by atoms with E-state index < -0.39 is 5.97 Å². The molecule has 0 fully saturated rings. The molecule has 0 aliphatic heterocycles. The van der Waals surface area contributed by atoms with Crippen LogP contribution in [0.1, 0.15) is 31.1 Å². The number of likely N-dealkylation sites (N-methyl/N-ethyl adjacent to an activating group) is 1. The molecule has 0 saturated heterocycles. The first kappa shape index (κ1) is 15.8. The average Bonchev–Trinajstić information content (AvgIpc) is 2.34. The molecule has 0 aliphatic rings. The van der Waals surface area contributed by atoms with E-state index in [4.69, 9.17) is 10.8 Å². The molecule has 0 spiro atoms. The number of nitrogens with zero attached hydrogens (tertiary/aromatic N) is 1. The zero-order chi connectivity index (χ0) is 15.3. The van der Waals surface area contributed by atoms with Crippen molar-refractivity contribution < 1.29 is 14.7 Å². The number of hydrogen-bond acceptors (Lipinski definition) is 4. The summed E-state index contributed by atoms with van der Waals surface area (Å²) in [5, 5.41) is 11.8. The summed E-state index contributed by atoms with van der Waals surface area (Å²) in [5.41, 5.74) is 6.71. The van der Waals surface area contributed by atoms with Crippen molar-refractivity contribution in [2.24, 2.45) is 0 Å². The number of aromatic carboxylic acids is 1. The number of benzene rings is 1. The van der Waals surface area contributed by atoms with Crippen molar-refractivity contribution in [3.05, 3.63) is 23.8 Å². The van der Waals surface area contributed by atoms with Crippen LogP contribution >= 0.6 is 0 Å². The molecule has 0 atom stereocenters. The highest BCUT2D eigenvalue weighted by atomic mass is 16.4. The Balaban J connectivity index is 2.88. The third-order valence-electron chi connectivity index (χ3n) is 2.80. The summed E-state index contributed by atoms with van der Waals surface area (Å²) in [5.74, 6) is -1.14. The fourth-order valence-electron chi connectivity index (χ4n) is 1.87. The van der Waals surface area contributed by atoms with E-state index in [-0.39, 0.29) is 29.7 Å². The molecular weight excluding hydrogens is 258 g/mol. The van der Waals surface area contributed by atoms with Crippen molar-refractivity contribution in [1.82, 2.24) is 5.32 Å². The minimum Gasteiger partial charge on any atom is -0.478 e. The molecule has 0 aliphatic carbocycles. The molecule has 1 rings (SSSR count). The predicted molar refractivity (Wildman–Crippen MR) is 79.0 cm³/mol. The van der Waals surface area contributed by atoms with Crippen LogP contribution < -0.4 is 16.0 Å². The van der Waals surface area contributed by atoms with E-state index in [1.165, 1.54) is 6.07 Å². The molecule has 0 radical (unpaired) electrons. The zero-order valence-electron chi connectivity index (χ0n) is 12.0. The quantitative estimate of drug-likeness (QED) is 0.682. The summed E-state index contributed by atoms with van der Waals surface area (Å²) in [6.45, 7) is 6.55. The Labute approximate surface area is 118 Å². The van der Waals surface area contributed by atoms with Crippen LogP contribution in [0.4, 0.5) is 11.4 Å². The Morgan fingerprint density at radius 2 is 2.05 bits per heavy atom. The standard InChI is InChI=1S/C14H21N3O3/c1-4-17(8-13(18)16-9(2)3)10-5-6-11(14(19)20)12(15)7-10/h5-7,9H,4,8,15H2,1-3H3,(H,16,18)(H,19,20). The van der Waals surface area contributed by atoms with E-state index in [1.807, 2.05) is 25.7 Å². The van der Waals surface area contributed by atoms with Crippen molar-refractivity contribution in [1.29, 1.82) is 0 Å². The van der Waals surface area contributed by atoms with Crippen LogP contribution in [-0.4, -0.2) is 36.1 Å². The Morgan fingerprint density at radius 3 is 2.50 bits per heavy atom. The van der Waals surface area contributed by atoms with E-state index in [9.17, 15) is 9.59 Å². The fourth-order valence-corrected chi connectivity index (χ4v) is 1.87. The number of hydrogen-bond donors (Lipinski definition) is 3. The third kappa shape index (κ3) is 4.15. The molecule has 1 amide bonds. The number of amides is 1. The van der Waals surface area contributed by atoms with Gasteiger partial charge in [-0.05, 0) is 39.0 Å². The molecule has 0 heterocycles. The van der Waals surface area contributed by atoms with Gasteiger partial charge in [-0.1, -0.05) is 0 Å². The SMILES string of the molecule is CCN(CC(=O)NC(C)C)c1ccc(C(=O)O)c(N)c1. The molecule has 1 aromatic rings. The second kappa shape index (κ2) is 6.79. The highest BCUT2D eigenvalue weighted by Gasteiger charge is 2.14. The normalized spacial score (nSPS) is 10.4. The maximum absolute atomic E-state index is 11.8. The number of rotatable bonds is 6. The number of nitrogens with one attached hydrogen (secondary N) is 1. The maximum Gasteiger partial charge on any atom is 0.337 e. The zero-order valence-corrected chi connectivity index (χ0v) is 12.0. The summed E-state index contributed by atoms with van der Waals surface area (Å²) in [6.07, 6.45) is 0. The molecule has 0 saturated carbocycles. The topological polar surface area (TPSA) is 95.7 Å². The first-order valence-corrected chi connectivity index (χ1v) is 6.52. The number of carbonyl (C=O) groups is 2. The Bertz CT molecular complexity index is 500. The van der Waals surface area contributed by atoms with Crippen LogP contribution in [0.5, 0.6) is 0 Å². The van der Waals surface area contributed by atoms with Gasteiger partial charge < -0.3 is 21.1 Å². The van der Waals surface area contributed by atoms with Crippen LogP contribution in [0.2, 0.25) is 0 Å². The Hall–Kier alpha value is -2.24. The van der Waals surface area contributed by atoms with Crippen molar-refractivity contribution in [2.45, 2.75) is 26.8 Å². The Kier molecular flexibility index (Phi) is 5.37. The monoisotopic (exact) mass is 279 g/mol. The van der Waals surface area contributed by atoms with Gasteiger partial charge in [-0.2, -0.15) is 0 Å².